The first-order valence-electron chi connectivity index (χ1n) is 6.61. The number of aromatic amines is 2. The number of hydrogen-bond donors (Lipinski definition) is 3. The van der Waals surface area contributed by atoms with Crippen molar-refractivity contribution in [3.63, 3.8) is 0 Å². The van der Waals surface area contributed by atoms with Crippen LogP contribution in [0.4, 0.5) is 5.95 Å². The molecule has 0 saturated carbocycles. The number of pyridine rings is 1. The molecule has 1 aromatic carbocycles. The topological polar surface area (TPSA) is 103 Å². The number of benzene rings is 1. The number of aromatic nitrogens is 3. The van der Waals surface area contributed by atoms with Gasteiger partial charge >= 0.3 is 0 Å². The van der Waals surface area contributed by atoms with Gasteiger partial charge in [-0.2, -0.15) is 5.10 Å². The summed E-state index contributed by atoms with van der Waals surface area (Å²) in [5, 5.41) is 4.84. The highest BCUT2D eigenvalue weighted by Crippen LogP contribution is 2.09. The Bertz CT molecular complexity index is 971. The van der Waals surface area contributed by atoms with Crippen LogP contribution in [0.25, 0.3) is 10.9 Å². The van der Waals surface area contributed by atoms with Crippen molar-refractivity contribution in [2.45, 2.75) is 6.92 Å². The van der Waals surface area contributed by atoms with Crippen LogP contribution in [0.2, 0.25) is 0 Å². The van der Waals surface area contributed by atoms with E-state index in [0.717, 1.165) is 10.9 Å². The summed E-state index contributed by atoms with van der Waals surface area (Å²) < 4.78 is 0. The summed E-state index contributed by atoms with van der Waals surface area (Å²) in [6.07, 6.45) is 1.38. The third-order valence-electron chi connectivity index (χ3n) is 3.03. The number of H-pyrrole nitrogens is 2. The van der Waals surface area contributed by atoms with Gasteiger partial charge in [0.2, 0.25) is 5.95 Å². The van der Waals surface area contributed by atoms with Crippen molar-refractivity contribution in [3.05, 3.63) is 68.4 Å². The van der Waals surface area contributed by atoms with E-state index >= 15 is 0 Å². The van der Waals surface area contributed by atoms with Crippen LogP contribution in [-0.4, -0.2) is 21.2 Å². The van der Waals surface area contributed by atoms with E-state index in [2.05, 4.69) is 25.5 Å². The zero-order valence-electron chi connectivity index (χ0n) is 11.8. The second-order valence-electron chi connectivity index (χ2n) is 4.75. The Morgan fingerprint density at radius 1 is 1.18 bits per heavy atom. The van der Waals surface area contributed by atoms with Crippen molar-refractivity contribution in [1.82, 2.24) is 15.0 Å². The molecule has 110 valence electrons. The minimum atomic E-state index is -0.270. The van der Waals surface area contributed by atoms with E-state index in [1.165, 1.54) is 12.3 Å². The molecule has 7 heteroatoms. The predicted molar refractivity (Wildman–Crippen MR) is 85.4 cm³/mol. The molecule has 0 bridgehead atoms. The quantitative estimate of drug-likeness (QED) is 0.501. The number of hydrazone groups is 1. The molecule has 3 N–H and O–H groups in total. The standard InChI is InChI=1S/C15H13N5O2/c1-9-6-13(21)19-15(17-9)20-16-8-11-7-10-4-2-3-5-12(10)18-14(11)22/h2-8H,1H3,(H,18,22)(H2,17,19,20,21)/b16-8+. The van der Waals surface area contributed by atoms with Crippen molar-refractivity contribution in [2.24, 2.45) is 5.10 Å². The Labute approximate surface area is 124 Å². The molecule has 0 unspecified atom stereocenters. The lowest BCUT2D eigenvalue weighted by molar-refractivity contribution is 1.04. The van der Waals surface area contributed by atoms with Gasteiger partial charge in [-0.05, 0) is 24.4 Å². The van der Waals surface area contributed by atoms with Crippen molar-refractivity contribution >= 4 is 23.1 Å². The molecular weight excluding hydrogens is 282 g/mol. The molecule has 0 fully saturated rings. The molecule has 3 rings (SSSR count). The van der Waals surface area contributed by atoms with Gasteiger partial charge in [0, 0.05) is 17.3 Å². The minimum Gasteiger partial charge on any atom is -0.321 e. The van der Waals surface area contributed by atoms with Crippen LogP contribution in [0, 0.1) is 6.92 Å². The number of anilines is 1. The highest BCUT2D eigenvalue weighted by Gasteiger charge is 2.00. The SMILES string of the molecule is Cc1cc(=O)[nH]c(N/N=C/c2cc3ccccc3[nH]c2=O)n1. The number of nitrogens with zero attached hydrogens (tertiary/aromatic N) is 2. The Morgan fingerprint density at radius 2 is 2.00 bits per heavy atom. The van der Waals surface area contributed by atoms with E-state index in [4.69, 9.17) is 0 Å². The molecule has 0 amide bonds. The molecule has 0 spiro atoms. The van der Waals surface area contributed by atoms with Gasteiger partial charge in [0.25, 0.3) is 11.1 Å². The van der Waals surface area contributed by atoms with Gasteiger partial charge in [-0.1, -0.05) is 18.2 Å². The van der Waals surface area contributed by atoms with Gasteiger partial charge in [0.05, 0.1) is 11.8 Å². The van der Waals surface area contributed by atoms with E-state index in [1.807, 2.05) is 24.3 Å². The minimum absolute atomic E-state index is 0.221. The van der Waals surface area contributed by atoms with Crippen LogP contribution in [0.3, 0.4) is 0 Å². The second kappa shape index (κ2) is 5.65. The van der Waals surface area contributed by atoms with Gasteiger partial charge < -0.3 is 4.98 Å². The maximum Gasteiger partial charge on any atom is 0.257 e. The first-order chi connectivity index (χ1) is 10.6. The summed E-state index contributed by atoms with van der Waals surface area (Å²) >= 11 is 0. The number of rotatable bonds is 3. The molecule has 0 radical (unpaired) electrons. The zero-order chi connectivity index (χ0) is 15.5. The lowest BCUT2D eigenvalue weighted by Gasteiger charge is -2.00. The van der Waals surface area contributed by atoms with Crippen LogP contribution in [-0.2, 0) is 0 Å². The monoisotopic (exact) mass is 295 g/mol. The lowest BCUT2D eigenvalue weighted by Crippen LogP contribution is -2.13. The summed E-state index contributed by atoms with van der Waals surface area (Å²) in [6, 6.07) is 10.6. The lowest BCUT2D eigenvalue weighted by atomic mass is 10.2. The van der Waals surface area contributed by atoms with E-state index in [1.54, 1.807) is 13.0 Å². The van der Waals surface area contributed by atoms with Crippen molar-refractivity contribution in [3.8, 4) is 0 Å². The Kier molecular flexibility index (Phi) is 3.53. The fourth-order valence-electron chi connectivity index (χ4n) is 2.06. The number of aryl methyl sites for hydroxylation is 1. The van der Waals surface area contributed by atoms with E-state index in [0.29, 0.717) is 11.3 Å². The maximum absolute atomic E-state index is 11.9. The number of nitrogens with one attached hydrogen (secondary N) is 3. The molecule has 3 aromatic rings. The highest BCUT2D eigenvalue weighted by atomic mass is 16.1. The van der Waals surface area contributed by atoms with Crippen molar-refractivity contribution in [1.29, 1.82) is 0 Å². The second-order valence-corrected chi connectivity index (χ2v) is 4.75. The van der Waals surface area contributed by atoms with Crippen LogP contribution < -0.4 is 16.5 Å². The van der Waals surface area contributed by atoms with Gasteiger partial charge in [-0.3, -0.25) is 14.6 Å². The zero-order valence-corrected chi connectivity index (χ0v) is 11.8. The molecule has 0 saturated heterocycles. The molecule has 7 nitrogen and oxygen atoms in total. The van der Waals surface area contributed by atoms with Gasteiger partial charge in [0.1, 0.15) is 0 Å². The molecule has 2 aromatic heterocycles. The smallest absolute Gasteiger partial charge is 0.257 e. The molecular formula is C15H13N5O2. The Hall–Kier alpha value is -3.22. The first-order valence-corrected chi connectivity index (χ1v) is 6.61. The van der Waals surface area contributed by atoms with Crippen LogP contribution in [0.5, 0.6) is 0 Å². The van der Waals surface area contributed by atoms with Gasteiger partial charge in [0.15, 0.2) is 0 Å². The summed E-state index contributed by atoms with van der Waals surface area (Å²) in [5.41, 5.74) is 3.83. The van der Waals surface area contributed by atoms with Crippen molar-refractivity contribution in [2.75, 3.05) is 5.43 Å². The summed E-state index contributed by atoms with van der Waals surface area (Å²) in [6.45, 7) is 1.71. The normalized spacial score (nSPS) is 11.1. The van der Waals surface area contributed by atoms with Gasteiger partial charge in [-0.25, -0.2) is 10.4 Å². The van der Waals surface area contributed by atoms with E-state index in [-0.39, 0.29) is 17.1 Å². The largest absolute Gasteiger partial charge is 0.321 e. The summed E-state index contributed by atoms with van der Waals surface area (Å²) in [4.78, 5) is 32.6. The Morgan fingerprint density at radius 3 is 2.82 bits per heavy atom. The number of para-hydroxylation sites is 1. The molecule has 0 atom stereocenters. The molecule has 0 aliphatic carbocycles. The molecule has 22 heavy (non-hydrogen) atoms. The van der Waals surface area contributed by atoms with Crippen LogP contribution in [0.1, 0.15) is 11.3 Å². The number of fused-ring (bicyclic) bond motifs is 1. The maximum atomic E-state index is 11.9. The summed E-state index contributed by atoms with van der Waals surface area (Å²) in [7, 11) is 0. The first kappa shape index (κ1) is 13.7. The molecule has 0 aliphatic rings. The summed E-state index contributed by atoms with van der Waals surface area (Å²) in [5.74, 6) is 0.221. The van der Waals surface area contributed by atoms with Crippen LogP contribution in [0.15, 0.2) is 51.1 Å². The van der Waals surface area contributed by atoms with Gasteiger partial charge in [-0.15, -0.1) is 0 Å². The Balaban J connectivity index is 1.87. The van der Waals surface area contributed by atoms with E-state index in [9.17, 15) is 9.59 Å². The molecule has 2 heterocycles. The van der Waals surface area contributed by atoms with Crippen LogP contribution >= 0.6 is 0 Å². The predicted octanol–water partition coefficient (Wildman–Crippen LogP) is 1.37. The average Bonchev–Trinajstić information content (AvgIpc) is 2.47. The fraction of sp³-hybridized carbons (Fsp3) is 0.0667. The number of hydrogen-bond acceptors (Lipinski definition) is 5. The van der Waals surface area contributed by atoms with Crippen molar-refractivity contribution < 1.29 is 0 Å². The van der Waals surface area contributed by atoms with E-state index < -0.39 is 0 Å². The third-order valence-corrected chi connectivity index (χ3v) is 3.03. The fourth-order valence-corrected chi connectivity index (χ4v) is 2.06. The third kappa shape index (κ3) is 2.93. The highest BCUT2D eigenvalue weighted by molar-refractivity contribution is 5.87. The molecule has 0 aliphatic heterocycles. The average molecular weight is 295 g/mol.